The summed E-state index contributed by atoms with van der Waals surface area (Å²) in [4.78, 5) is 5.31. The molecule has 13 aromatic carbocycles. The number of fused-ring (bicyclic) bond motifs is 12. The van der Waals surface area contributed by atoms with Gasteiger partial charge in [0, 0.05) is 77.9 Å². The molecule has 0 atom stereocenters. The molecular formula is C102H95BN4. The van der Waals surface area contributed by atoms with Gasteiger partial charge in [-0.05, 0) is 203 Å². The van der Waals surface area contributed by atoms with Gasteiger partial charge in [0.15, 0.2) is 0 Å². The first kappa shape index (κ1) is 66.8. The predicted molar refractivity (Wildman–Crippen MR) is 459 cm³/mol. The third-order valence-corrected chi connectivity index (χ3v) is 25.6. The number of nitrogens with zero attached hydrogens (tertiary/aromatic N) is 4. The lowest BCUT2D eigenvalue weighted by Crippen LogP contribution is -2.61. The first-order valence-corrected chi connectivity index (χ1v) is 39.1. The minimum absolute atomic E-state index is 0.0187. The standard InChI is InChI=1S/C102H95BN4/c1-97(2,3)68-46-40-64(41-47-68)74-30-23-32-78-76-28-17-21-36-88(76)104(95(74)78)70-50-54-90-84(62-70)103-85-63-71(105-89-37-22-18-29-77(89)79-33-24-31-75(96(79)105)65-42-48-69(49-43-65)98(4,5)6)51-55-91(85)107(87-35-20-16-27-73(87)67-45-53-81-83(61-67)102(13,14)59-57-100(81,9)10)93-39-25-38-92(94(93)103)106(90)86-34-19-15-26-72(86)66-44-52-80-82(60-66)101(11,12)58-56-99(80,7)8/h15-55,60-63H,56-59H2,1-14H3. The number of hydrogen-bond donors (Lipinski definition) is 0. The molecule has 19 rings (SSSR count). The van der Waals surface area contributed by atoms with Gasteiger partial charge < -0.3 is 18.9 Å². The number of benzene rings is 13. The molecule has 0 fully saturated rings. The van der Waals surface area contributed by atoms with E-state index >= 15 is 0 Å². The maximum atomic E-state index is 2.66. The largest absolute Gasteiger partial charge is 0.311 e. The Balaban J connectivity index is 0.913. The Morgan fingerprint density at radius 2 is 0.617 bits per heavy atom. The molecule has 0 saturated heterocycles. The first-order chi connectivity index (χ1) is 51.3. The molecule has 4 aliphatic rings. The lowest BCUT2D eigenvalue weighted by molar-refractivity contribution is 0.332. The monoisotopic (exact) mass is 1390 g/mol. The van der Waals surface area contributed by atoms with Crippen molar-refractivity contribution in [3.05, 3.63) is 306 Å². The second kappa shape index (κ2) is 23.8. The van der Waals surface area contributed by atoms with Crippen LogP contribution in [0.25, 0.3) is 99.5 Å². The predicted octanol–water partition coefficient (Wildman–Crippen LogP) is 25.9. The number of hydrogen-bond acceptors (Lipinski definition) is 2. The normalized spacial score (nSPS) is 16.0. The minimum atomic E-state index is -0.244. The summed E-state index contributed by atoms with van der Waals surface area (Å²) in [5.74, 6) is 0. The van der Waals surface area contributed by atoms with Gasteiger partial charge in [0.2, 0.25) is 0 Å². The van der Waals surface area contributed by atoms with Crippen LogP contribution < -0.4 is 26.2 Å². The molecule has 2 aliphatic carbocycles. The van der Waals surface area contributed by atoms with E-state index < -0.39 is 0 Å². The highest BCUT2D eigenvalue weighted by Gasteiger charge is 2.46. The summed E-state index contributed by atoms with van der Waals surface area (Å²) in [7, 11) is 0. The van der Waals surface area contributed by atoms with E-state index in [-0.39, 0.29) is 39.2 Å². The zero-order valence-electron chi connectivity index (χ0n) is 64.7. The highest BCUT2D eigenvalue weighted by atomic mass is 15.2. The lowest BCUT2D eigenvalue weighted by atomic mass is 9.33. The molecule has 0 bridgehead atoms. The number of rotatable bonds is 8. The molecule has 4 heterocycles. The average Bonchev–Trinajstić information content (AvgIpc) is 1.30. The second-order valence-corrected chi connectivity index (χ2v) is 36.2. The topological polar surface area (TPSA) is 16.3 Å². The maximum absolute atomic E-state index is 2.66. The summed E-state index contributed by atoms with van der Waals surface area (Å²) in [6, 6.07) is 106. The van der Waals surface area contributed by atoms with Gasteiger partial charge in [0.25, 0.3) is 6.71 Å². The first-order valence-electron chi connectivity index (χ1n) is 39.1. The van der Waals surface area contributed by atoms with Gasteiger partial charge in [-0.3, -0.25) is 0 Å². The van der Waals surface area contributed by atoms with Crippen molar-refractivity contribution in [2.24, 2.45) is 0 Å². The van der Waals surface area contributed by atoms with Crippen molar-refractivity contribution in [1.82, 2.24) is 9.13 Å². The Hall–Kier alpha value is -10.9. The van der Waals surface area contributed by atoms with Crippen LogP contribution in [0.3, 0.4) is 0 Å². The van der Waals surface area contributed by atoms with Crippen LogP contribution in [0.5, 0.6) is 0 Å². The van der Waals surface area contributed by atoms with Crippen molar-refractivity contribution >= 4 is 101 Å². The molecule has 15 aromatic rings. The lowest BCUT2D eigenvalue weighted by Gasteiger charge is -2.45. The minimum Gasteiger partial charge on any atom is -0.311 e. The van der Waals surface area contributed by atoms with E-state index in [2.05, 4.69) is 389 Å². The van der Waals surface area contributed by atoms with Crippen molar-refractivity contribution in [3.8, 4) is 55.9 Å². The van der Waals surface area contributed by atoms with Gasteiger partial charge in [0.1, 0.15) is 0 Å². The Kier molecular flexibility index (Phi) is 14.9. The molecule has 0 N–H and O–H groups in total. The summed E-state index contributed by atoms with van der Waals surface area (Å²) >= 11 is 0. The highest BCUT2D eigenvalue weighted by molar-refractivity contribution is 7.00. The third kappa shape index (κ3) is 10.4. The molecule has 5 heteroatoms. The molecule has 526 valence electrons. The Morgan fingerprint density at radius 3 is 1.03 bits per heavy atom. The van der Waals surface area contributed by atoms with Crippen LogP contribution in [0.1, 0.15) is 156 Å². The van der Waals surface area contributed by atoms with Crippen LogP contribution in [-0.2, 0) is 32.5 Å². The van der Waals surface area contributed by atoms with Crippen LogP contribution >= 0.6 is 0 Å². The summed E-state index contributed by atoms with van der Waals surface area (Å²) in [6.07, 6.45) is 4.61. The molecule has 0 saturated carbocycles. The molecule has 0 amide bonds. The summed E-state index contributed by atoms with van der Waals surface area (Å²) < 4.78 is 5.18. The third-order valence-electron chi connectivity index (χ3n) is 25.6. The molecule has 4 nitrogen and oxygen atoms in total. The Bertz CT molecular complexity index is 5800. The van der Waals surface area contributed by atoms with E-state index in [0.717, 1.165) is 59.8 Å². The van der Waals surface area contributed by atoms with Crippen molar-refractivity contribution in [3.63, 3.8) is 0 Å². The smallest absolute Gasteiger partial charge is 0.252 e. The zero-order chi connectivity index (χ0) is 73.6. The number of anilines is 6. The van der Waals surface area contributed by atoms with Crippen LogP contribution in [0, 0.1) is 0 Å². The molecule has 0 radical (unpaired) electrons. The van der Waals surface area contributed by atoms with Crippen LogP contribution in [-0.4, -0.2) is 15.8 Å². The van der Waals surface area contributed by atoms with Gasteiger partial charge in [-0.1, -0.05) is 297 Å². The fraction of sp³-hybridized carbons (Fsp3) is 0.235. The summed E-state index contributed by atoms with van der Waals surface area (Å²) in [5.41, 5.74) is 36.2. The molecule has 2 aromatic heterocycles. The summed E-state index contributed by atoms with van der Waals surface area (Å²) in [6.45, 7) is 33.2. The quantitative estimate of drug-likeness (QED) is 0.141. The van der Waals surface area contributed by atoms with E-state index in [1.165, 1.54) is 149 Å². The SMILES string of the molecule is CC(C)(C)c1ccc(-c2cccc3c4ccccc4n(-c4ccc5c(c4)B4c6cc(-n7c8ccccc8c8cccc(-c9ccc(C(C)(C)C)cc9)c87)ccc6N(c6ccccc6-c6ccc7c(c6)C(C)(C)CCC7(C)C)c6cccc(c64)N5c4ccccc4-c4ccc5c(c4)C(C)(C)CCC5(C)C)c23)cc1. The number of para-hydroxylation sites is 6. The summed E-state index contributed by atoms with van der Waals surface area (Å²) in [5, 5.41) is 4.94. The van der Waals surface area contributed by atoms with E-state index in [9.17, 15) is 0 Å². The van der Waals surface area contributed by atoms with Gasteiger partial charge >= 0.3 is 0 Å². The van der Waals surface area contributed by atoms with Gasteiger partial charge in [-0.15, -0.1) is 0 Å². The number of aromatic nitrogens is 2. The van der Waals surface area contributed by atoms with E-state index in [1.807, 2.05) is 0 Å². The molecular weight excluding hydrogens is 1290 g/mol. The van der Waals surface area contributed by atoms with Gasteiger partial charge in [-0.25, -0.2) is 0 Å². The van der Waals surface area contributed by atoms with Crippen molar-refractivity contribution < 1.29 is 0 Å². The van der Waals surface area contributed by atoms with Crippen molar-refractivity contribution in [2.45, 2.75) is 155 Å². The van der Waals surface area contributed by atoms with E-state index in [4.69, 9.17) is 0 Å². The van der Waals surface area contributed by atoms with Crippen molar-refractivity contribution in [1.29, 1.82) is 0 Å². The Morgan fingerprint density at radius 1 is 0.280 bits per heavy atom. The fourth-order valence-corrected chi connectivity index (χ4v) is 19.4. The highest BCUT2D eigenvalue weighted by Crippen LogP contribution is 2.54. The van der Waals surface area contributed by atoms with Crippen LogP contribution in [0.4, 0.5) is 34.1 Å². The molecule has 107 heavy (non-hydrogen) atoms. The van der Waals surface area contributed by atoms with Gasteiger partial charge in [0.05, 0.1) is 33.4 Å². The van der Waals surface area contributed by atoms with E-state index in [0.29, 0.717) is 0 Å². The van der Waals surface area contributed by atoms with Crippen molar-refractivity contribution in [2.75, 3.05) is 9.80 Å². The molecule has 0 unspecified atom stereocenters. The zero-order valence-corrected chi connectivity index (χ0v) is 64.7. The van der Waals surface area contributed by atoms with Gasteiger partial charge in [-0.2, -0.15) is 0 Å². The van der Waals surface area contributed by atoms with E-state index in [1.54, 1.807) is 0 Å². The fourth-order valence-electron chi connectivity index (χ4n) is 19.4. The second-order valence-electron chi connectivity index (χ2n) is 36.2. The molecule has 0 spiro atoms. The van der Waals surface area contributed by atoms with Crippen LogP contribution in [0.15, 0.2) is 273 Å². The molecule has 2 aliphatic heterocycles. The average molecular weight is 1390 g/mol. The van der Waals surface area contributed by atoms with Crippen LogP contribution in [0.2, 0.25) is 0 Å². The Labute approximate surface area is 633 Å². The maximum Gasteiger partial charge on any atom is 0.252 e.